The first-order valence-electron chi connectivity index (χ1n) is 6.34. The Morgan fingerprint density at radius 3 is 2.05 bits per heavy atom. The highest BCUT2D eigenvalue weighted by Crippen LogP contribution is 2.05. The number of carbonyl (C=O) groups excluding carboxylic acids is 1. The lowest BCUT2D eigenvalue weighted by atomic mass is 10.1. The van der Waals surface area contributed by atoms with Crippen LogP contribution in [-0.2, 0) is 14.3 Å². The molecule has 0 rings (SSSR count). The summed E-state index contributed by atoms with van der Waals surface area (Å²) in [5.41, 5.74) is 0.0642. The van der Waals surface area contributed by atoms with Gasteiger partial charge in [0.25, 0.3) is 0 Å². The second-order valence-corrected chi connectivity index (χ2v) is 4.07. The molecule has 0 spiro atoms. The molecular formula is C14H24O6. The number of esters is 1. The minimum Gasteiger partial charge on any atom is -0.478 e. The number of carbonyl (C=O) groups is 2. The molecule has 0 radical (unpaired) electrons. The fourth-order valence-corrected chi connectivity index (χ4v) is 0.871. The minimum absolute atomic E-state index is 0.0569. The van der Waals surface area contributed by atoms with E-state index < -0.39 is 24.1 Å². The van der Waals surface area contributed by atoms with Gasteiger partial charge in [0.2, 0.25) is 0 Å². The van der Waals surface area contributed by atoms with E-state index in [4.69, 9.17) is 15.3 Å². The molecule has 116 valence electrons. The van der Waals surface area contributed by atoms with Crippen molar-refractivity contribution in [3.63, 3.8) is 0 Å². The van der Waals surface area contributed by atoms with Crippen molar-refractivity contribution < 1.29 is 29.6 Å². The number of aliphatic hydroxyl groups is 2. The number of carboxylic acids is 1. The maximum Gasteiger partial charge on any atom is 0.331 e. The van der Waals surface area contributed by atoms with Crippen molar-refractivity contribution in [2.75, 3.05) is 6.61 Å². The predicted molar refractivity (Wildman–Crippen MR) is 75.1 cm³/mol. The fourth-order valence-electron chi connectivity index (χ4n) is 0.871. The Bertz CT molecular complexity index is 322. The average Bonchev–Trinajstić information content (AvgIpc) is 2.44. The zero-order valence-electron chi connectivity index (χ0n) is 12.0. The van der Waals surface area contributed by atoms with Gasteiger partial charge < -0.3 is 20.1 Å². The van der Waals surface area contributed by atoms with Gasteiger partial charge in [-0.15, -0.1) is 0 Å². The van der Waals surface area contributed by atoms with Gasteiger partial charge in [0.15, 0.2) is 0 Å². The van der Waals surface area contributed by atoms with Gasteiger partial charge in [0.1, 0.15) is 6.61 Å². The average molecular weight is 288 g/mol. The number of aliphatic hydroxyl groups excluding tert-OH is 2. The van der Waals surface area contributed by atoms with Crippen LogP contribution in [0.2, 0.25) is 0 Å². The van der Waals surface area contributed by atoms with Gasteiger partial charge in [0, 0.05) is 18.1 Å². The highest BCUT2D eigenvalue weighted by atomic mass is 16.5. The molecule has 0 aliphatic rings. The molecule has 2 unspecified atom stereocenters. The molecule has 6 heteroatoms. The Morgan fingerprint density at radius 1 is 1.20 bits per heavy atom. The lowest BCUT2D eigenvalue weighted by molar-refractivity contribution is -0.140. The van der Waals surface area contributed by atoms with Gasteiger partial charge in [-0.05, 0) is 12.8 Å². The third-order valence-electron chi connectivity index (χ3n) is 2.31. The standard InChI is InChI=1S/2C7H12O3/c1-3-6(8)4-5(2)7(9)10;1-3-6(8)5-10-7(9)4-2/h6,8H,2-4H2,1H3,(H,9,10);4,6,8H,2-3,5H2,1H3. The van der Waals surface area contributed by atoms with E-state index in [0.29, 0.717) is 12.8 Å². The molecule has 0 heterocycles. The van der Waals surface area contributed by atoms with Gasteiger partial charge >= 0.3 is 11.9 Å². The second-order valence-electron chi connectivity index (χ2n) is 4.07. The molecule has 0 bridgehead atoms. The lowest BCUT2D eigenvalue weighted by Crippen LogP contribution is -2.16. The summed E-state index contributed by atoms with van der Waals surface area (Å²) in [5.74, 6) is -1.53. The van der Waals surface area contributed by atoms with Gasteiger partial charge in [-0.25, -0.2) is 9.59 Å². The molecule has 0 aliphatic carbocycles. The number of hydrogen-bond donors (Lipinski definition) is 3. The first kappa shape index (κ1) is 20.7. The topological polar surface area (TPSA) is 104 Å². The number of aliphatic carboxylic acids is 1. The molecular weight excluding hydrogens is 264 g/mol. The van der Waals surface area contributed by atoms with Crippen molar-refractivity contribution in [3.8, 4) is 0 Å². The fraction of sp³-hybridized carbons (Fsp3) is 0.571. The minimum atomic E-state index is -1.03. The van der Waals surface area contributed by atoms with Gasteiger partial charge in [0.05, 0.1) is 12.2 Å². The second kappa shape index (κ2) is 12.4. The first-order chi connectivity index (χ1) is 9.28. The summed E-state index contributed by atoms with van der Waals surface area (Å²) in [4.78, 5) is 20.5. The van der Waals surface area contributed by atoms with E-state index in [-0.39, 0.29) is 18.6 Å². The Labute approximate surface area is 119 Å². The van der Waals surface area contributed by atoms with Crippen LogP contribution in [0.5, 0.6) is 0 Å². The van der Waals surface area contributed by atoms with Crippen LogP contribution in [0.4, 0.5) is 0 Å². The molecule has 0 saturated carbocycles. The largest absolute Gasteiger partial charge is 0.478 e. The van der Waals surface area contributed by atoms with E-state index >= 15 is 0 Å². The smallest absolute Gasteiger partial charge is 0.331 e. The van der Waals surface area contributed by atoms with Crippen molar-refractivity contribution in [1.82, 2.24) is 0 Å². The van der Waals surface area contributed by atoms with Crippen LogP contribution >= 0.6 is 0 Å². The summed E-state index contributed by atoms with van der Waals surface area (Å²) in [6, 6.07) is 0. The van der Waals surface area contributed by atoms with Crippen LogP contribution in [0.1, 0.15) is 33.1 Å². The monoisotopic (exact) mass is 288 g/mol. The van der Waals surface area contributed by atoms with E-state index in [2.05, 4.69) is 17.9 Å². The summed E-state index contributed by atoms with van der Waals surface area (Å²) in [7, 11) is 0. The quantitative estimate of drug-likeness (QED) is 0.459. The van der Waals surface area contributed by atoms with Crippen LogP contribution < -0.4 is 0 Å². The summed E-state index contributed by atoms with van der Waals surface area (Å²) < 4.78 is 4.54. The number of carboxylic acid groups (broad SMARTS) is 1. The van der Waals surface area contributed by atoms with Crippen molar-refractivity contribution in [3.05, 3.63) is 24.8 Å². The summed E-state index contributed by atoms with van der Waals surface area (Å²) >= 11 is 0. The van der Waals surface area contributed by atoms with Gasteiger partial charge in [-0.3, -0.25) is 0 Å². The molecule has 2 atom stereocenters. The number of hydrogen-bond acceptors (Lipinski definition) is 5. The zero-order chi connectivity index (χ0) is 16.1. The molecule has 0 aromatic carbocycles. The highest BCUT2D eigenvalue weighted by molar-refractivity contribution is 5.85. The third kappa shape index (κ3) is 12.8. The van der Waals surface area contributed by atoms with E-state index in [1.54, 1.807) is 6.92 Å². The molecule has 0 saturated heterocycles. The van der Waals surface area contributed by atoms with Crippen molar-refractivity contribution in [1.29, 1.82) is 0 Å². The summed E-state index contributed by atoms with van der Waals surface area (Å²) in [6.07, 6.45) is 1.26. The van der Waals surface area contributed by atoms with Crippen LogP contribution in [-0.4, -0.2) is 46.1 Å². The molecule has 0 aromatic rings. The van der Waals surface area contributed by atoms with E-state index in [0.717, 1.165) is 6.08 Å². The zero-order valence-corrected chi connectivity index (χ0v) is 12.0. The predicted octanol–water partition coefficient (Wildman–Crippen LogP) is 1.27. The normalized spacial score (nSPS) is 12.4. The van der Waals surface area contributed by atoms with Crippen LogP contribution in [0.15, 0.2) is 24.8 Å². The summed E-state index contributed by atoms with van der Waals surface area (Å²) in [5, 5.41) is 26.2. The summed E-state index contributed by atoms with van der Waals surface area (Å²) in [6.45, 7) is 10.2. The molecule has 20 heavy (non-hydrogen) atoms. The SMILES string of the molecule is C=C(CC(O)CC)C(=O)O.C=CC(=O)OCC(O)CC. The molecule has 6 nitrogen and oxygen atoms in total. The van der Waals surface area contributed by atoms with Gasteiger partial charge in [-0.1, -0.05) is 27.0 Å². The third-order valence-corrected chi connectivity index (χ3v) is 2.31. The Hall–Kier alpha value is -1.66. The Morgan fingerprint density at radius 2 is 1.70 bits per heavy atom. The molecule has 0 aliphatic heterocycles. The van der Waals surface area contributed by atoms with Crippen LogP contribution in [0.3, 0.4) is 0 Å². The van der Waals surface area contributed by atoms with Crippen molar-refractivity contribution >= 4 is 11.9 Å². The molecule has 3 N–H and O–H groups in total. The van der Waals surface area contributed by atoms with Crippen LogP contribution in [0.25, 0.3) is 0 Å². The highest BCUT2D eigenvalue weighted by Gasteiger charge is 2.08. The number of rotatable bonds is 8. The molecule has 0 fully saturated rings. The lowest BCUT2D eigenvalue weighted by Gasteiger charge is -2.05. The van der Waals surface area contributed by atoms with E-state index in [9.17, 15) is 9.59 Å². The Kier molecular flexibility index (Phi) is 12.8. The van der Waals surface area contributed by atoms with Gasteiger partial charge in [-0.2, -0.15) is 0 Å². The maximum atomic E-state index is 10.4. The van der Waals surface area contributed by atoms with E-state index in [1.807, 2.05) is 6.92 Å². The van der Waals surface area contributed by atoms with Crippen molar-refractivity contribution in [2.45, 2.75) is 45.3 Å². The van der Waals surface area contributed by atoms with Crippen molar-refractivity contribution in [2.24, 2.45) is 0 Å². The molecule has 0 amide bonds. The molecule has 0 aromatic heterocycles. The van der Waals surface area contributed by atoms with E-state index in [1.165, 1.54) is 0 Å². The Balaban J connectivity index is 0. The maximum absolute atomic E-state index is 10.4. The van der Waals surface area contributed by atoms with Crippen LogP contribution in [0, 0.1) is 0 Å². The number of ether oxygens (including phenoxy) is 1. The first-order valence-corrected chi connectivity index (χ1v) is 6.34.